The van der Waals surface area contributed by atoms with Crippen molar-refractivity contribution in [2.75, 3.05) is 18.6 Å². The molecule has 1 heterocycles. The van der Waals surface area contributed by atoms with E-state index in [4.69, 9.17) is 0 Å². The minimum atomic E-state index is -3.16. The number of rotatable bonds is 5. The van der Waals surface area contributed by atoms with Gasteiger partial charge >= 0.3 is 0 Å². The molecule has 0 atom stereocenters. The summed E-state index contributed by atoms with van der Waals surface area (Å²) in [5.74, 6) is 2.21. The molecular weight excluding hydrogens is 354 g/mol. The molecule has 0 aliphatic heterocycles. The van der Waals surface area contributed by atoms with E-state index in [2.05, 4.69) is 15.3 Å². The fourth-order valence-electron chi connectivity index (χ4n) is 5.67. The van der Waals surface area contributed by atoms with E-state index in [0.29, 0.717) is 0 Å². The highest BCUT2D eigenvalue weighted by Crippen LogP contribution is 2.59. The Morgan fingerprint density at radius 3 is 2.31 bits per heavy atom. The predicted molar refractivity (Wildman–Crippen MR) is 96.8 cm³/mol. The standard InChI is InChI=1S/C18H25N3O4S/c1-26(24,25)3-2-19-15(22)14-10-20-17(21-16(14)23)18-7-11-4-12(8-18)6-13(5-11)9-18/h10-13H,2-9H2,1H3,(H,19,22)(H,20,21,23). The Hall–Kier alpha value is -1.70. The third-order valence-electron chi connectivity index (χ3n) is 6.34. The lowest BCUT2D eigenvalue weighted by molar-refractivity contribution is -0.00953. The summed E-state index contributed by atoms with van der Waals surface area (Å²) in [6.07, 6.45) is 9.64. The smallest absolute Gasteiger partial charge is 0.263 e. The van der Waals surface area contributed by atoms with Crippen LogP contribution in [-0.2, 0) is 15.3 Å². The Balaban J connectivity index is 1.52. The molecule has 0 aromatic carbocycles. The Bertz CT molecular complexity index is 855. The molecule has 4 bridgehead atoms. The first kappa shape index (κ1) is 17.7. The van der Waals surface area contributed by atoms with Crippen LogP contribution in [0.3, 0.4) is 0 Å². The first-order valence-corrected chi connectivity index (χ1v) is 11.4. The first-order valence-electron chi connectivity index (χ1n) is 9.30. The summed E-state index contributed by atoms with van der Waals surface area (Å²) in [4.78, 5) is 32.0. The normalized spacial score (nSPS) is 32.6. The minimum Gasteiger partial charge on any atom is -0.351 e. The zero-order valence-corrected chi connectivity index (χ0v) is 15.8. The molecule has 2 N–H and O–H groups in total. The molecule has 1 aromatic rings. The van der Waals surface area contributed by atoms with E-state index in [0.717, 1.165) is 49.1 Å². The van der Waals surface area contributed by atoms with E-state index in [1.54, 1.807) is 0 Å². The van der Waals surface area contributed by atoms with Crippen molar-refractivity contribution in [1.29, 1.82) is 0 Å². The van der Waals surface area contributed by atoms with Gasteiger partial charge in [-0.2, -0.15) is 0 Å². The van der Waals surface area contributed by atoms with Crippen molar-refractivity contribution in [2.24, 2.45) is 17.8 Å². The third kappa shape index (κ3) is 3.31. The molecule has 4 saturated carbocycles. The number of carbonyl (C=O) groups excluding carboxylic acids is 1. The van der Waals surface area contributed by atoms with Crippen molar-refractivity contribution in [2.45, 2.75) is 43.9 Å². The summed E-state index contributed by atoms with van der Waals surface area (Å²) in [5.41, 5.74) is -0.534. The van der Waals surface area contributed by atoms with Gasteiger partial charge in [0.1, 0.15) is 21.2 Å². The van der Waals surface area contributed by atoms with Crippen molar-refractivity contribution >= 4 is 15.7 Å². The highest BCUT2D eigenvalue weighted by Gasteiger charge is 2.52. The van der Waals surface area contributed by atoms with Gasteiger partial charge in [-0.25, -0.2) is 13.4 Å². The Morgan fingerprint density at radius 2 is 1.81 bits per heavy atom. The number of amides is 1. The van der Waals surface area contributed by atoms with Gasteiger partial charge in [0.25, 0.3) is 11.5 Å². The molecule has 0 saturated heterocycles. The first-order chi connectivity index (χ1) is 12.2. The Kier molecular flexibility index (Phi) is 4.21. The van der Waals surface area contributed by atoms with Crippen LogP contribution in [0.15, 0.2) is 11.0 Å². The quantitative estimate of drug-likeness (QED) is 0.794. The molecule has 7 nitrogen and oxygen atoms in total. The molecular formula is C18H25N3O4S. The van der Waals surface area contributed by atoms with Gasteiger partial charge in [-0.05, 0) is 56.3 Å². The average Bonchev–Trinajstić information content (AvgIpc) is 2.52. The Labute approximate surface area is 152 Å². The topological polar surface area (TPSA) is 109 Å². The lowest BCUT2D eigenvalue weighted by Crippen LogP contribution is -2.50. The second-order valence-corrected chi connectivity index (χ2v) is 10.8. The van der Waals surface area contributed by atoms with Crippen LogP contribution in [0.2, 0.25) is 0 Å². The van der Waals surface area contributed by atoms with Crippen LogP contribution < -0.4 is 10.9 Å². The van der Waals surface area contributed by atoms with Crippen LogP contribution in [0.25, 0.3) is 0 Å². The molecule has 5 rings (SSSR count). The second-order valence-electron chi connectivity index (χ2n) is 8.56. The van der Waals surface area contributed by atoms with Gasteiger partial charge in [0, 0.05) is 24.4 Å². The Morgan fingerprint density at radius 1 is 1.23 bits per heavy atom. The van der Waals surface area contributed by atoms with Crippen LogP contribution in [0.4, 0.5) is 0 Å². The fourth-order valence-corrected chi connectivity index (χ4v) is 6.14. The number of H-pyrrole nitrogens is 1. The van der Waals surface area contributed by atoms with Crippen molar-refractivity contribution in [1.82, 2.24) is 15.3 Å². The van der Waals surface area contributed by atoms with Gasteiger partial charge in [-0.15, -0.1) is 0 Å². The summed E-state index contributed by atoms with van der Waals surface area (Å²) in [7, 11) is -3.16. The van der Waals surface area contributed by atoms with E-state index in [1.807, 2.05) is 0 Å². The van der Waals surface area contributed by atoms with Crippen LogP contribution in [0, 0.1) is 17.8 Å². The van der Waals surface area contributed by atoms with Crippen LogP contribution >= 0.6 is 0 Å². The van der Waals surface area contributed by atoms with Crippen molar-refractivity contribution in [3.63, 3.8) is 0 Å². The number of nitrogens with one attached hydrogen (secondary N) is 2. The molecule has 142 valence electrons. The van der Waals surface area contributed by atoms with Crippen LogP contribution in [-0.4, -0.2) is 42.8 Å². The maximum Gasteiger partial charge on any atom is 0.263 e. The lowest BCUT2D eigenvalue weighted by Gasteiger charge is -2.56. The van der Waals surface area contributed by atoms with Crippen LogP contribution in [0.1, 0.15) is 54.7 Å². The average molecular weight is 379 g/mol. The van der Waals surface area contributed by atoms with E-state index < -0.39 is 21.3 Å². The number of hydrogen-bond acceptors (Lipinski definition) is 5. The molecule has 0 unspecified atom stereocenters. The van der Waals surface area contributed by atoms with Gasteiger partial charge < -0.3 is 10.3 Å². The molecule has 26 heavy (non-hydrogen) atoms. The molecule has 4 fully saturated rings. The molecule has 0 spiro atoms. The molecule has 4 aliphatic carbocycles. The largest absolute Gasteiger partial charge is 0.351 e. The molecule has 1 amide bonds. The monoisotopic (exact) mass is 379 g/mol. The van der Waals surface area contributed by atoms with Crippen molar-refractivity contribution < 1.29 is 13.2 Å². The van der Waals surface area contributed by atoms with Gasteiger partial charge in [-0.3, -0.25) is 9.59 Å². The minimum absolute atomic E-state index is 0.0200. The third-order valence-corrected chi connectivity index (χ3v) is 7.29. The maximum absolute atomic E-state index is 12.5. The predicted octanol–water partition coefficient (Wildman–Crippen LogP) is 1.01. The van der Waals surface area contributed by atoms with Gasteiger partial charge in [0.15, 0.2) is 0 Å². The van der Waals surface area contributed by atoms with Crippen LogP contribution in [0.5, 0.6) is 0 Å². The van der Waals surface area contributed by atoms with E-state index >= 15 is 0 Å². The number of carbonyl (C=O) groups is 1. The van der Waals surface area contributed by atoms with Crippen molar-refractivity contribution in [3.8, 4) is 0 Å². The lowest BCUT2D eigenvalue weighted by atomic mass is 9.49. The summed E-state index contributed by atoms with van der Waals surface area (Å²) in [5, 5.41) is 2.47. The zero-order valence-electron chi connectivity index (χ0n) is 15.0. The zero-order chi connectivity index (χ0) is 18.5. The number of hydrogen-bond donors (Lipinski definition) is 2. The van der Waals surface area contributed by atoms with Gasteiger partial charge in [-0.1, -0.05) is 0 Å². The fraction of sp³-hybridized carbons (Fsp3) is 0.722. The maximum atomic E-state index is 12.5. The molecule has 0 radical (unpaired) electrons. The number of aromatic amines is 1. The van der Waals surface area contributed by atoms with E-state index in [-0.39, 0.29) is 23.3 Å². The number of nitrogens with zero attached hydrogens (tertiary/aromatic N) is 1. The van der Waals surface area contributed by atoms with Crippen molar-refractivity contribution in [3.05, 3.63) is 27.9 Å². The van der Waals surface area contributed by atoms with E-state index in [9.17, 15) is 18.0 Å². The number of sulfone groups is 1. The van der Waals surface area contributed by atoms with Gasteiger partial charge in [0.05, 0.1) is 5.75 Å². The highest BCUT2D eigenvalue weighted by molar-refractivity contribution is 7.90. The molecule has 8 heteroatoms. The molecule has 1 aromatic heterocycles. The SMILES string of the molecule is CS(=O)(=O)CCNC(=O)c1cnc(C23CC4CC(CC(C4)C2)C3)[nH]c1=O. The summed E-state index contributed by atoms with van der Waals surface area (Å²) in [6, 6.07) is 0. The summed E-state index contributed by atoms with van der Waals surface area (Å²) >= 11 is 0. The number of aromatic nitrogens is 2. The van der Waals surface area contributed by atoms with E-state index in [1.165, 1.54) is 25.5 Å². The van der Waals surface area contributed by atoms with Gasteiger partial charge in [0.2, 0.25) is 0 Å². The second kappa shape index (κ2) is 6.18. The highest BCUT2D eigenvalue weighted by atomic mass is 32.2. The summed E-state index contributed by atoms with van der Waals surface area (Å²) < 4.78 is 22.3. The molecule has 4 aliphatic rings. The summed E-state index contributed by atoms with van der Waals surface area (Å²) in [6.45, 7) is -0.0200.